The van der Waals surface area contributed by atoms with Crippen LogP contribution in [0, 0.1) is 0 Å². The van der Waals surface area contributed by atoms with Gasteiger partial charge in [0.1, 0.15) is 5.82 Å². The largest absolute Gasteiger partial charge is 0.353 e. The molecule has 26 heavy (non-hydrogen) atoms. The van der Waals surface area contributed by atoms with Crippen molar-refractivity contribution in [3.63, 3.8) is 0 Å². The van der Waals surface area contributed by atoms with Crippen LogP contribution >= 0.6 is 0 Å². The Morgan fingerprint density at radius 3 is 2.50 bits per heavy atom. The third-order valence-electron chi connectivity index (χ3n) is 4.88. The molecule has 1 atom stereocenters. The Bertz CT molecular complexity index is 696. The molecule has 0 saturated carbocycles. The quantitative estimate of drug-likeness (QED) is 0.861. The van der Waals surface area contributed by atoms with Gasteiger partial charge in [0, 0.05) is 38.6 Å². The normalized spacial score (nSPS) is 16.3. The van der Waals surface area contributed by atoms with Crippen LogP contribution in [0.4, 0.5) is 5.82 Å². The number of aryl methyl sites for hydroxylation is 1. The molecule has 1 saturated heterocycles. The molecule has 0 unspecified atom stereocenters. The first-order chi connectivity index (χ1) is 12.7. The van der Waals surface area contributed by atoms with E-state index in [2.05, 4.69) is 56.3 Å². The van der Waals surface area contributed by atoms with Crippen molar-refractivity contribution in [2.45, 2.75) is 26.3 Å². The number of nitrogens with one attached hydrogen (secondary N) is 1. The number of aromatic nitrogens is 2. The fourth-order valence-corrected chi connectivity index (χ4v) is 3.21. The van der Waals surface area contributed by atoms with Crippen LogP contribution in [0.15, 0.2) is 42.9 Å². The molecular weight excluding hydrogens is 326 g/mol. The molecule has 6 heteroatoms. The van der Waals surface area contributed by atoms with E-state index in [0.29, 0.717) is 6.54 Å². The molecule has 3 rings (SSSR count). The predicted molar refractivity (Wildman–Crippen MR) is 103 cm³/mol. The van der Waals surface area contributed by atoms with Gasteiger partial charge in [0.25, 0.3) is 0 Å². The number of hydrogen-bond acceptors (Lipinski definition) is 5. The zero-order valence-corrected chi connectivity index (χ0v) is 15.6. The van der Waals surface area contributed by atoms with E-state index < -0.39 is 0 Å². The number of rotatable bonds is 6. The lowest BCUT2D eigenvalue weighted by molar-refractivity contribution is -0.123. The maximum absolute atomic E-state index is 12.4. The van der Waals surface area contributed by atoms with Crippen LogP contribution in [-0.2, 0) is 11.2 Å². The summed E-state index contributed by atoms with van der Waals surface area (Å²) in [6.07, 6.45) is 6.21. The standard InChI is InChI=1S/C20H27N5O/c1-3-17-4-6-18(7-5-17)16(2)23-20(26)15-24-10-12-25(13-11-24)19-14-21-8-9-22-19/h4-9,14,16H,3,10-13,15H2,1-2H3,(H,23,26)/t16-/m1/s1. The van der Waals surface area contributed by atoms with Gasteiger partial charge in [-0.3, -0.25) is 14.7 Å². The Morgan fingerprint density at radius 1 is 1.15 bits per heavy atom. The van der Waals surface area contributed by atoms with Crippen LogP contribution in [0.25, 0.3) is 0 Å². The van der Waals surface area contributed by atoms with Gasteiger partial charge in [-0.15, -0.1) is 0 Å². The number of nitrogens with zero attached hydrogens (tertiary/aromatic N) is 4. The van der Waals surface area contributed by atoms with Crippen LogP contribution in [0.2, 0.25) is 0 Å². The first-order valence-electron chi connectivity index (χ1n) is 9.27. The highest BCUT2D eigenvalue weighted by Gasteiger charge is 2.20. The molecule has 1 fully saturated rings. The molecule has 6 nitrogen and oxygen atoms in total. The number of amides is 1. The summed E-state index contributed by atoms with van der Waals surface area (Å²) in [7, 11) is 0. The molecule has 1 aliphatic heterocycles. The molecule has 0 radical (unpaired) electrons. The van der Waals surface area contributed by atoms with Gasteiger partial charge in [0.05, 0.1) is 18.8 Å². The molecule has 138 valence electrons. The molecule has 2 heterocycles. The van der Waals surface area contributed by atoms with Gasteiger partial charge in [-0.25, -0.2) is 4.98 Å². The summed E-state index contributed by atoms with van der Waals surface area (Å²) in [4.78, 5) is 25.2. The maximum Gasteiger partial charge on any atom is 0.234 e. The summed E-state index contributed by atoms with van der Waals surface area (Å²) >= 11 is 0. The summed E-state index contributed by atoms with van der Waals surface area (Å²) in [5, 5.41) is 3.11. The van der Waals surface area contributed by atoms with Crippen molar-refractivity contribution in [1.82, 2.24) is 20.2 Å². The smallest absolute Gasteiger partial charge is 0.234 e. The molecule has 1 aromatic heterocycles. The number of benzene rings is 1. The molecule has 1 amide bonds. The number of hydrogen-bond donors (Lipinski definition) is 1. The van der Waals surface area contributed by atoms with Gasteiger partial charge >= 0.3 is 0 Å². The molecule has 0 bridgehead atoms. The van der Waals surface area contributed by atoms with Gasteiger partial charge in [0.15, 0.2) is 0 Å². The van der Waals surface area contributed by atoms with E-state index in [-0.39, 0.29) is 11.9 Å². The fourth-order valence-electron chi connectivity index (χ4n) is 3.21. The van der Waals surface area contributed by atoms with E-state index in [0.717, 1.165) is 44.0 Å². The average Bonchev–Trinajstić information content (AvgIpc) is 2.69. The number of anilines is 1. The summed E-state index contributed by atoms with van der Waals surface area (Å²) in [5.74, 6) is 0.978. The van der Waals surface area contributed by atoms with Gasteiger partial charge in [-0.2, -0.15) is 0 Å². The predicted octanol–water partition coefficient (Wildman–Crippen LogP) is 2.04. The van der Waals surface area contributed by atoms with Crippen LogP contribution in [0.1, 0.15) is 31.0 Å². The zero-order chi connectivity index (χ0) is 18.4. The Labute approximate surface area is 155 Å². The maximum atomic E-state index is 12.4. The first-order valence-corrected chi connectivity index (χ1v) is 9.27. The van der Waals surface area contributed by atoms with Crippen molar-refractivity contribution in [1.29, 1.82) is 0 Å². The van der Waals surface area contributed by atoms with Crippen molar-refractivity contribution in [2.24, 2.45) is 0 Å². The van der Waals surface area contributed by atoms with Gasteiger partial charge in [-0.1, -0.05) is 31.2 Å². The molecule has 1 aliphatic rings. The van der Waals surface area contributed by atoms with Crippen molar-refractivity contribution >= 4 is 11.7 Å². The lowest BCUT2D eigenvalue weighted by atomic mass is 10.1. The number of piperazine rings is 1. The van der Waals surface area contributed by atoms with Gasteiger partial charge < -0.3 is 10.2 Å². The Balaban J connectivity index is 1.45. The molecule has 0 spiro atoms. The van der Waals surface area contributed by atoms with E-state index in [9.17, 15) is 4.79 Å². The van der Waals surface area contributed by atoms with E-state index in [1.807, 2.05) is 6.92 Å². The molecule has 1 aromatic carbocycles. The minimum atomic E-state index is 0.0225. The van der Waals surface area contributed by atoms with Crippen LogP contribution in [0.3, 0.4) is 0 Å². The summed E-state index contributed by atoms with van der Waals surface area (Å²) in [6, 6.07) is 8.48. The molecular formula is C20H27N5O. The van der Waals surface area contributed by atoms with Crippen LogP contribution in [-0.4, -0.2) is 53.5 Å². The zero-order valence-electron chi connectivity index (χ0n) is 15.6. The average molecular weight is 353 g/mol. The summed E-state index contributed by atoms with van der Waals surface area (Å²) in [6.45, 7) is 8.04. The Hall–Kier alpha value is -2.47. The van der Waals surface area contributed by atoms with Crippen molar-refractivity contribution in [3.8, 4) is 0 Å². The van der Waals surface area contributed by atoms with Crippen molar-refractivity contribution < 1.29 is 4.79 Å². The third kappa shape index (κ3) is 4.79. The van der Waals surface area contributed by atoms with Crippen molar-refractivity contribution in [3.05, 3.63) is 54.0 Å². The second-order valence-electron chi connectivity index (χ2n) is 6.71. The van der Waals surface area contributed by atoms with E-state index in [1.165, 1.54) is 5.56 Å². The van der Waals surface area contributed by atoms with Gasteiger partial charge in [0.2, 0.25) is 5.91 Å². The van der Waals surface area contributed by atoms with Crippen LogP contribution < -0.4 is 10.2 Å². The number of carbonyl (C=O) groups excluding carboxylic acids is 1. The SMILES string of the molecule is CCc1ccc([C@@H](C)NC(=O)CN2CCN(c3cnccn3)CC2)cc1. The minimum absolute atomic E-state index is 0.0225. The monoisotopic (exact) mass is 353 g/mol. The third-order valence-corrected chi connectivity index (χ3v) is 4.88. The van der Waals surface area contributed by atoms with Crippen LogP contribution in [0.5, 0.6) is 0 Å². The van der Waals surface area contributed by atoms with E-state index in [1.54, 1.807) is 18.6 Å². The number of carbonyl (C=O) groups is 1. The summed E-state index contributed by atoms with van der Waals surface area (Å²) in [5.41, 5.74) is 2.45. The van der Waals surface area contributed by atoms with Crippen molar-refractivity contribution in [2.75, 3.05) is 37.6 Å². The lowest BCUT2D eigenvalue weighted by Gasteiger charge is -2.34. The minimum Gasteiger partial charge on any atom is -0.353 e. The Morgan fingerprint density at radius 2 is 1.88 bits per heavy atom. The first kappa shape index (κ1) is 18.3. The highest BCUT2D eigenvalue weighted by atomic mass is 16.2. The molecule has 0 aliphatic carbocycles. The lowest BCUT2D eigenvalue weighted by Crippen LogP contribution is -2.50. The molecule has 2 aromatic rings. The van der Waals surface area contributed by atoms with E-state index in [4.69, 9.17) is 0 Å². The second kappa shape index (κ2) is 8.76. The molecule has 1 N–H and O–H groups in total. The fraction of sp³-hybridized carbons (Fsp3) is 0.450. The summed E-state index contributed by atoms with van der Waals surface area (Å²) < 4.78 is 0. The second-order valence-corrected chi connectivity index (χ2v) is 6.71. The topological polar surface area (TPSA) is 61.4 Å². The van der Waals surface area contributed by atoms with E-state index >= 15 is 0 Å². The highest BCUT2D eigenvalue weighted by Crippen LogP contribution is 2.14. The van der Waals surface area contributed by atoms with Gasteiger partial charge in [-0.05, 0) is 24.5 Å². The highest BCUT2D eigenvalue weighted by molar-refractivity contribution is 5.78. The Kier molecular flexibility index (Phi) is 6.17.